The fraction of sp³-hybridized carbons (Fsp3) is 0.917. The first-order valence-corrected chi connectivity index (χ1v) is 12.1. The second kappa shape index (κ2) is 14.8. The molecule has 1 aliphatic heterocycles. The first kappa shape index (κ1) is 26.9. The summed E-state index contributed by atoms with van der Waals surface area (Å²) in [4.78, 5) is 25.5. The molecule has 30 heavy (non-hydrogen) atoms. The van der Waals surface area contributed by atoms with Crippen LogP contribution in [0.2, 0.25) is 0 Å². The van der Waals surface area contributed by atoms with Gasteiger partial charge in [0.2, 0.25) is 0 Å². The quantitative estimate of drug-likeness (QED) is 0.257. The maximum Gasteiger partial charge on any atom is 0.321 e. The maximum absolute atomic E-state index is 12.4. The number of carboxylic acid groups (broad SMARTS) is 1. The highest BCUT2D eigenvalue weighted by molar-refractivity contribution is 5.75. The maximum atomic E-state index is 12.4. The number of ether oxygens (including phenoxy) is 1. The van der Waals surface area contributed by atoms with Crippen LogP contribution in [0.1, 0.15) is 104 Å². The Labute approximate surface area is 183 Å². The van der Waals surface area contributed by atoms with Crippen LogP contribution >= 0.6 is 0 Å². The Morgan fingerprint density at radius 1 is 0.967 bits per heavy atom. The number of aliphatic hydroxyl groups is 1. The summed E-state index contributed by atoms with van der Waals surface area (Å²) in [5.74, 6) is -1.01. The molecule has 1 rings (SSSR count). The van der Waals surface area contributed by atoms with Crippen molar-refractivity contribution in [2.45, 2.75) is 116 Å². The van der Waals surface area contributed by atoms with Gasteiger partial charge in [-0.15, -0.1) is 0 Å². The van der Waals surface area contributed by atoms with Gasteiger partial charge in [0.15, 0.2) is 0 Å². The largest absolute Gasteiger partial charge is 0.480 e. The molecule has 6 nitrogen and oxygen atoms in total. The van der Waals surface area contributed by atoms with Gasteiger partial charge in [0.1, 0.15) is 6.04 Å². The average Bonchev–Trinajstić information content (AvgIpc) is 3.07. The summed E-state index contributed by atoms with van der Waals surface area (Å²) in [5.41, 5.74) is -0.518. The minimum Gasteiger partial charge on any atom is -0.480 e. The summed E-state index contributed by atoms with van der Waals surface area (Å²) in [6.07, 6.45) is 13.3. The third kappa shape index (κ3) is 10.8. The number of aliphatic hydroxyl groups excluding tert-OH is 1. The van der Waals surface area contributed by atoms with Crippen LogP contribution in [0, 0.1) is 5.41 Å². The molecular formula is C24H45NO5. The highest BCUT2D eigenvalue weighted by atomic mass is 16.5. The van der Waals surface area contributed by atoms with E-state index in [0.29, 0.717) is 26.1 Å². The van der Waals surface area contributed by atoms with Crippen molar-refractivity contribution in [2.75, 3.05) is 19.7 Å². The second-order valence-corrected chi connectivity index (χ2v) is 9.54. The van der Waals surface area contributed by atoms with Crippen molar-refractivity contribution in [3.05, 3.63) is 0 Å². The van der Waals surface area contributed by atoms with E-state index in [1.807, 2.05) is 18.7 Å². The van der Waals surface area contributed by atoms with Gasteiger partial charge in [-0.25, -0.2) is 0 Å². The van der Waals surface area contributed by atoms with E-state index >= 15 is 0 Å². The molecule has 0 aromatic carbocycles. The van der Waals surface area contributed by atoms with Gasteiger partial charge in [0.25, 0.3) is 0 Å². The first-order valence-electron chi connectivity index (χ1n) is 12.1. The third-order valence-corrected chi connectivity index (χ3v) is 6.20. The molecule has 0 radical (unpaired) electrons. The van der Waals surface area contributed by atoms with E-state index in [1.54, 1.807) is 0 Å². The van der Waals surface area contributed by atoms with Gasteiger partial charge in [-0.2, -0.15) is 0 Å². The fourth-order valence-corrected chi connectivity index (χ4v) is 4.14. The molecule has 2 N–H and O–H groups in total. The predicted octanol–water partition coefficient (Wildman–Crippen LogP) is 4.78. The van der Waals surface area contributed by atoms with Crippen molar-refractivity contribution < 1.29 is 24.5 Å². The van der Waals surface area contributed by atoms with Crippen molar-refractivity contribution in [2.24, 2.45) is 5.41 Å². The zero-order valence-corrected chi connectivity index (χ0v) is 19.5. The van der Waals surface area contributed by atoms with Crippen LogP contribution in [0.4, 0.5) is 0 Å². The van der Waals surface area contributed by atoms with Gasteiger partial charge in [-0.1, -0.05) is 64.7 Å². The lowest BCUT2D eigenvalue weighted by molar-refractivity contribution is -0.154. The van der Waals surface area contributed by atoms with Crippen LogP contribution in [-0.2, 0) is 14.3 Å². The number of hydrogen-bond donors (Lipinski definition) is 2. The number of likely N-dealkylation sites (tertiary alicyclic amines) is 1. The molecule has 0 amide bonds. The summed E-state index contributed by atoms with van der Waals surface area (Å²) in [6, 6.07) is -0.589. The van der Waals surface area contributed by atoms with Crippen LogP contribution in [0.3, 0.4) is 0 Å². The Morgan fingerprint density at radius 2 is 1.57 bits per heavy atom. The van der Waals surface area contributed by atoms with E-state index < -0.39 is 23.5 Å². The van der Waals surface area contributed by atoms with Gasteiger partial charge in [-0.05, 0) is 39.7 Å². The number of carboxylic acids is 1. The van der Waals surface area contributed by atoms with Crippen molar-refractivity contribution in [1.29, 1.82) is 0 Å². The Bertz CT molecular complexity index is 494. The SMILES string of the molecule is CCCCCCCCCCCOC(=O)C(C)(C)CCCCN1C[C@@H](O)C[C@H]1C(=O)O. The number of unbranched alkanes of at least 4 members (excludes halogenated alkanes) is 9. The van der Waals surface area contributed by atoms with E-state index in [9.17, 15) is 19.8 Å². The fourth-order valence-electron chi connectivity index (χ4n) is 4.14. The summed E-state index contributed by atoms with van der Waals surface area (Å²) in [5, 5.41) is 18.9. The van der Waals surface area contributed by atoms with Gasteiger partial charge >= 0.3 is 11.9 Å². The first-order chi connectivity index (χ1) is 14.3. The van der Waals surface area contributed by atoms with Crippen molar-refractivity contribution in [1.82, 2.24) is 4.90 Å². The van der Waals surface area contributed by atoms with Crippen LogP contribution in [0.15, 0.2) is 0 Å². The standard InChI is InChI=1S/C24H45NO5/c1-4-5-6-7-8-9-10-11-14-17-30-23(29)24(2,3)15-12-13-16-25-19-20(26)18-21(25)22(27)28/h20-21,26H,4-19H2,1-3H3,(H,27,28)/t20-,21-/m0/s1. The van der Waals surface area contributed by atoms with Crippen molar-refractivity contribution >= 4 is 11.9 Å². The molecule has 1 fully saturated rings. The highest BCUT2D eigenvalue weighted by Gasteiger charge is 2.35. The van der Waals surface area contributed by atoms with E-state index in [-0.39, 0.29) is 5.97 Å². The summed E-state index contributed by atoms with van der Waals surface area (Å²) < 4.78 is 5.50. The number of nitrogens with zero attached hydrogens (tertiary/aromatic N) is 1. The summed E-state index contributed by atoms with van der Waals surface area (Å²) in [6.45, 7) is 7.64. The molecule has 1 heterocycles. The Hall–Kier alpha value is -1.14. The smallest absolute Gasteiger partial charge is 0.321 e. The van der Waals surface area contributed by atoms with Crippen LogP contribution in [0.5, 0.6) is 0 Å². The van der Waals surface area contributed by atoms with E-state index in [4.69, 9.17) is 4.74 Å². The second-order valence-electron chi connectivity index (χ2n) is 9.54. The summed E-state index contributed by atoms with van der Waals surface area (Å²) >= 11 is 0. The Balaban J connectivity index is 2.09. The van der Waals surface area contributed by atoms with Gasteiger partial charge in [0.05, 0.1) is 18.1 Å². The number of carbonyl (C=O) groups is 2. The number of rotatable bonds is 17. The van der Waals surface area contributed by atoms with E-state index in [2.05, 4.69) is 6.92 Å². The molecule has 0 spiro atoms. The minimum atomic E-state index is -0.869. The van der Waals surface area contributed by atoms with E-state index in [0.717, 1.165) is 32.1 Å². The van der Waals surface area contributed by atoms with Crippen LogP contribution in [-0.4, -0.2) is 58.9 Å². The van der Waals surface area contributed by atoms with Crippen molar-refractivity contribution in [3.63, 3.8) is 0 Å². The van der Waals surface area contributed by atoms with Gasteiger partial charge in [0, 0.05) is 13.0 Å². The normalized spacial score (nSPS) is 19.9. The lowest BCUT2D eigenvalue weighted by atomic mass is 9.87. The average molecular weight is 428 g/mol. The number of aliphatic carboxylic acids is 1. The molecule has 176 valence electrons. The molecule has 0 aromatic heterocycles. The lowest BCUT2D eigenvalue weighted by Gasteiger charge is -2.24. The zero-order chi connectivity index (χ0) is 22.4. The molecule has 6 heteroatoms. The predicted molar refractivity (Wildman–Crippen MR) is 119 cm³/mol. The monoisotopic (exact) mass is 427 g/mol. The number of esters is 1. The van der Waals surface area contributed by atoms with Gasteiger partial charge < -0.3 is 14.9 Å². The van der Waals surface area contributed by atoms with Crippen molar-refractivity contribution in [3.8, 4) is 0 Å². The lowest BCUT2D eigenvalue weighted by Crippen LogP contribution is -2.36. The number of hydrogen-bond acceptors (Lipinski definition) is 5. The molecule has 0 aliphatic carbocycles. The van der Waals surface area contributed by atoms with Gasteiger partial charge in [-0.3, -0.25) is 14.5 Å². The molecule has 0 saturated carbocycles. The summed E-state index contributed by atoms with van der Waals surface area (Å²) in [7, 11) is 0. The molecule has 1 saturated heterocycles. The zero-order valence-electron chi connectivity index (χ0n) is 19.5. The number of β-amino-alcohol motifs (C(OH)–C–C–N with tert-alkyl or cyclic N) is 1. The molecular weight excluding hydrogens is 382 g/mol. The molecule has 0 unspecified atom stereocenters. The van der Waals surface area contributed by atoms with Crippen LogP contribution < -0.4 is 0 Å². The highest BCUT2D eigenvalue weighted by Crippen LogP contribution is 2.26. The molecule has 0 bridgehead atoms. The van der Waals surface area contributed by atoms with Crippen LogP contribution in [0.25, 0.3) is 0 Å². The minimum absolute atomic E-state index is 0.137. The Morgan fingerprint density at radius 3 is 2.17 bits per heavy atom. The molecule has 2 atom stereocenters. The number of carbonyl (C=O) groups excluding carboxylic acids is 1. The molecule has 0 aromatic rings. The Kier molecular flexibility index (Phi) is 13.3. The van der Waals surface area contributed by atoms with E-state index in [1.165, 1.54) is 44.9 Å². The molecule has 1 aliphatic rings. The third-order valence-electron chi connectivity index (χ3n) is 6.20. The topological polar surface area (TPSA) is 87.1 Å².